The molecule has 3 amide bonds. The van der Waals surface area contributed by atoms with Crippen LogP contribution in [0.25, 0.3) is 0 Å². The Labute approximate surface area is 358 Å². The largest absolute Gasteiger partial charge is 2.00 e. The molecule has 3 rings (SSSR count). The van der Waals surface area contributed by atoms with E-state index in [0.29, 0.717) is 5.69 Å². The van der Waals surface area contributed by atoms with Crippen LogP contribution in [0.4, 0.5) is 0 Å². The molecule has 1 aromatic heterocycles. The number of fused-ring (bicyclic) bond motifs is 4. The number of aliphatic hydroxyl groups excluding tert-OH is 8. The van der Waals surface area contributed by atoms with Crippen molar-refractivity contribution in [2.24, 2.45) is 0 Å². The molecule has 1 radical (unpaired) electrons. The third kappa shape index (κ3) is 15.1. The number of aliphatic hydroxyl groups is 8. The van der Waals surface area contributed by atoms with Crippen LogP contribution in [0.5, 0.6) is 0 Å². The number of ether oxygens (including phenoxy) is 2. The maximum atomic E-state index is 13.6. The molecular weight excluding hydrogens is 837 g/mol. The number of carbonyl (C=O) groups excluding carboxylic acids is 5. The van der Waals surface area contributed by atoms with Gasteiger partial charge in [0.2, 0.25) is 17.7 Å². The van der Waals surface area contributed by atoms with Crippen molar-refractivity contribution < 1.29 is 91.4 Å². The number of esters is 2. The standard InChI is InChI=1S/C37H59N7O15.Mn/c1-42-16-25-4-2-5-27(38-25)33-44(29(35(57)59-33)8-10-32(55)41-37(22-50,23-51)24-52)13-12-43(11-3-6-31(54)40-36(19-47,20-48)21-49)14-15-58-34(56)28(42)7-9-30(53)39-26(17-45)18-46;/h2,4-5,15,26,28-29,45-52H,3,6-14,16-24H2,1H3,(H,39,53)(H,40,54)(H,41,55);/q-2;+2. The van der Waals surface area contributed by atoms with Crippen LogP contribution >= 0.6 is 0 Å². The van der Waals surface area contributed by atoms with Gasteiger partial charge in [-0.15, -0.1) is 12.7 Å². The first-order valence-electron chi connectivity index (χ1n) is 19.3. The smallest absolute Gasteiger partial charge is 0.635 e. The number of carbonyl (C=O) groups is 5. The monoisotopic (exact) mass is 896 g/mol. The van der Waals surface area contributed by atoms with E-state index < -0.39 is 112 Å². The molecule has 2 atom stereocenters. The number of nitrogens with zero attached hydrogens (tertiary/aromatic N) is 4. The molecule has 2 aliphatic rings. The fourth-order valence-corrected chi connectivity index (χ4v) is 6.34. The number of likely N-dealkylation sites (N-methyl/N-ethyl adjacent to an activating group) is 1. The number of cyclic esters (lactones) is 1. The fourth-order valence-electron chi connectivity index (χ4n) is 6.34. The van der Waals surface area contributed by atoms with Gasteiger partial charge in [0.15, 0.2) is 0 Å². The van der Waals surface area contributed by atoms with E-state index in [1.165, 1.54) is 6.61 Å². The molecule has 60 heavy (non-hydrogen) atoms. The average Bonchev–Trinajstić information content (AvgIpc) is 3.55. The van der Waals surface area contributed by atoms with E-state index in [4.69, 9.17) is 14.5 Å². The summed E-state index contributed by atoms with van der Waals surface area (Å²) >= 11 is 0. The van der Waals surface area contributed by atoms with Crippen molar-refractivity contribution in [1.29, 1.82) is 0 Å². The average molecular weight is 897 g/mol. The van der Waals surface area contributed by atoms with Gasteiger partial charge >= 0.3 is 23.0 Å². The molecule has 0 spiro atoms. The van der Waals surface area contributed by atoms with E-state index >= 15 is 0 Å². The molecule has 1 saturated heterocycles. The number of aromatic nitrogens is 1. The third-order valence-corrected chi connectivity index (χ3v) is 10.1. The van der Waals surface area contributed by atoms with Crippen molar-refractivity contribution in [3.8, 4) is 0 Å². The van der Waals surface area contributed by atoms with Crippen molar-refractivity contribution in [2.75, 3.05) is 86.1 Å². The molecule has 11 N–H and O–H groups in total. The van der Waals surface area contributed by atoms with Crippen LogP contribution in [-0.4, -0.2) is 205 Å². The predicted molar refractivity (Wildman–Crippen MR) is 203 cm³/mol. The zero-order valence-electron chi connectivity index (χ0n) is 33.6. The summed E-state index contributed by atoms with van der Waals surface area (Å²) in [5.74, 6) is -3.08. The Morgan fingerprint density at radius 3 is 1.98 bits per heavy atom. The fraction of sp³-hybridized carbons (Fsp3) is 0.676. The number of rotatable bonds is 21. The minimum absolute atomic E-state index is 0. The molecule has 22 nitrogen and oxygen atoms in total. The van der Waals surface area contributed by atoms with Crippen LogP contribution < -0.4 is 16.0 Å². The third-order valence-electron chi connectivity index (χ3n) is 10.1. The van der Waals surface area contributed by atoms with Crippen molar-refractivity contribution in [3.05, 3.63) is 42.4 Å². The second kappa shape index (κ2) is 26.0. The predicted octanol–water partition coefficient (Wildman–Crippen LogP) is -5.56. The number of pyridine rings is 1. The van der Waals surface area contributed by atoms with Gasteiger partial charge in [-0.3, -0.25) is 33.9 Å². The first kappa shape index (κ1) is 52.6. The van der Waals surface area contributed by atoms with E-state index in [-0.39, 0.29) is 100 Å². The van der Waals surface area contributed by atoms with Crippen LogP contribution in [-0.2, 0) is 57.1 Å². The van der Waals surface area contributed by atoms with Gasteiger partial charge in [-0.2, -0.15) is 6.07 Å². The Hall–Kier alpha value is -3.55. The van der Waals surface area contributed by atoms with Gasteiger partial charge < -0.3 is 76.1 Å². The summed E-state index contributed by atoms with van der Waals surface area (Å²) in [4.78, 5) is 75.1. The van der Waals surface area contributed by atoms with Crippen LogP contribution in [0.1, 0.15) is 49.9 Å². The van der Waals surface area contributed by atoms with Crippen LogP contribution in [0.2, 0.25) is 0 Å². The number of hydrogen-bond donors (Lipinski definition) is 11. The Balaban J connectivity index is 0.0000124. The van der Waals surface area contributed by atoms with Crippen LogP contribution in [0, 0.1) is 12.8 Å². The van der Waals surface area contributed by atoms with E-state index in [9.17, 15) is 64.8 Å². The summed E-state index contributed by atoms with van der Waals surface area (Å²) in [6.45, 7) is -3.42. The van der Waals surface area contributed by atoms with Gasteiger partial charge in [0.1, 0.15) is 17.1 Å². The Bertz CT molecular complexity index is 1500. The van der Waals surface area contributed by atoms with E-state index in [1.807, 2.05) is 0 Å². The summed E-state index contributed by atoms with van der Waals surface area (Å²) in [5.41, 5.74) is -2.57. The SMILES string of the molecule is CN1Cc2cccc(n2)[C-]2OC(=O)C(CCC(=O)NC(CO)(CO)CO)N2CCN(CCCC(=O)NC(CO)(CO)CO)C[CH-]OC(=O)C1CCC(=O)NC(CO)CO.[Mn+2]. The minimum Gasteiger partial charge on any atom is -0.635 e. The van der Waals surface area contributed by atoms with Crippen molar-refractivity contribution in [1.82, 2.24) is 35.6 Å². The molecule has 339 valence electrons. The molecule has 23 heteroatoms. The van der Waals surface area contributed by atoms with Crippen molar-refractivity contribution in [2.45, 2.75) is 74.3 Å². The van der Waals surface area contributed by atoms with Gasteiger partial charge in [0, 0.05) is 45.1 Å². The number of amides is 3. The first-order chi connectivity index (χ1) is 28.2. The summed E-state index contributed by atoms with van der Waals surface area (Å²) in [5, 5.41) is 83.9. The van der Waals surface area contributed by atoms with Gasteiger partial charge in [-0.05, 0) is 38.5 Å². The van der Waals surface area contributed by atoms with Gasteiger partial charge in [0.25, 0.3) is 5.97 Å². The molecule has 2 unspecified atom stereocenters. The summed E-state index contributed by atoms with van der Waals surface area (Å²) < 4.78 is 11.4. The van der Waals surface area contributed by atoms with E-state index in [2.05, 4.69) is 16.0 Å². The Kier molecular flexibility index (Phi) is 22.8. The summed E-state index contributed by atoms with van der Waals surface area (Å²) in [7, 11) is 1.63. The first-order valence-corrected chi connectivity index (χ1v) is 19.3. The summed E-state index contributed by atoms with van der Waals surface area (Å²) in [6.07, 6.45) is -0.283. The second-order valence-corrected chi connectivity index (χ2v) is 14.7. The number of nitrogens with one attached hydrogen (secondary N) is 3. The molecule has 2 bridgehead atoms. The maximum Gasteiger partial charge on any atom is 2.00 e. The minimum atomic E-state index is -1.67. The molecule has 1 fully saturated rings. The Morgan fingerprint density at radius 2 is 1.40 bits per heavy atom. The second-order valence-electron chi connectivity index (χ2n) is 14.7. The molecule has 0 saturated carbocycles. The molecule has 1 aromatic rings. The number of hydrogen-bond acceptors (Lipinski definition) is 19. The van der Waals surface area contributed by atoms with Gasteiger partial charge in [-0.25, -0.2) is 0 Å². The zero-order chi connectivity index (χ0) is 43.6. The van der Waals surface area contributed by atoms with E-state index in [1.54, 1.807) is 39.9 Å². The van der Waals surface area contributed by atoms with Crippen molar-refractivity contribution in [3.63, 3.8) is 0 Å². The zero-order valence-corrected chi connectivity index (χ0v) is 34.8. The molecule has 2 aliphatic heterocycles. The van der Waals surface area contributed by atoms with Gasteiger partial charge in [0.05, 0.1) is 70.6 Å². The van der Waals surface area contributed by atoms with Crippen LogP contribution in [0.15, 0.2) is 18.2 Å². The van der Waals surface area contributed by atoms with Gasteiger partial charge in [-0.1, -0.05) is 12.6 Å². The molecular formula is C37H59MnN7O15. The van der Waals surface area contributed by atoms with Crippen LogP contribution in [0.3, 0.4) is 0 Å². The summed E-state index contributed by atoms with van der Waals surface area (Å²) in [6, 6.07) is 2.14. The Morgan fingerprint density at radius 1 is 0.833 bits per heavy atom. The molecule has 0 aromatic carbocycles. The maximum absolute atomic E-state index is 13.6. The molecule has 0 aliphatic carbocycles. The quantitative estimate of drug-likeness (QED) is 0.0311. The normalized spacial score (nSPS) is 18.7. The topological polar surface area (TPSA) is 324 Å². The van der Waals surface area contributed by atoms with E-state index in [0.717, 1.165) is 0 Å². The van der Waals surface area contributed by atoms with Crippen molar-refractivity contribution >= 4 is 29.7 Å². The molecule has 3 heterocycles.